The van der Waals surface area contributed by atoms with Crippen molar-refractivity contribution in [2.24, 2.45) is 5.73 Å². The third-order valence-corrected chi connectivity index (χ3v) is 1.52. The summed E-state index contributed by atoms with van der Waals surface area (Å²) >= 11 is 0. The number of nitrogens with two attached hydrogens (primary N) is 1. The summed E-state index contributed by atoms with van der Waals surface area (Å²) in [5, 5.41) is 19.0. The van der Waals surface area contributed by atoms with Gasteiger partial charge in [-0.1, -0.05) is 5.21 Å². The number of primary amides is 1. The molecule has 0 saturated heterocycles. The van der Waals surface area contributed by atoms with E-state index < -0.39 is 5.91 Å². The van der Waals surface area contributed by atoms with E-state index in [9.17, 15) is 4.79 Å². The molecule has 78 valence electrons. The maximum absolute atomic E-state index is 10.4. The first kappa shape index (κ1) is 10.6. The highest BCUT2D eigenvalue weighted by Crippen LogP contribution is 1.91. The molecule has 0 unspecified atom stereocenters. The van der Waals surface area contributed by atoms with Gasteiger partial charge in [0.05, 0.1) is 25.4 Å². The van der Waals surface area contributed by atoms with Gasteiger partial charge in [0.15, 0.2) is 0 Å². The van der Waals surface area contributed by atoms with Crippen LogP contribution in [0.2, 0.25) is 0 Å². The zero-order valence-electron chi connectivity index (χ0n) is 7.68. The number of nitrogens with one attached hydrogen (secondary N) is 1. The molecule has 0 aromatic carbocycles. The van der Waals surface area contributed by atoms with Crippen molar-refractivity contribution in [1.82, 2.24) is 20.3 Å². The van der Waals surface area contributed by atoms with Gasteiger partial charge in [0, 0.05) is 12.7 Å². The lowest BCUT2D eigenvalue weighted by Crippen LogP contribution is -2.28. The molecule has 0 atom stereocenters. The van der Waals surface area contributed by atoms with E-state index in [2.05, 4.69) is 15.6 Å². The van der Waals surface area contributed by atoms with Crippen molar-refractivity contribution in [3.63, 3.8) is 0 Å². The fourth-order valence-electron chi connectivity index (χ4n) is 0.945. The second-order valence-electron chi connectivity index (χ2n) is 2.77. The van der Waals surface area contributed by atoms with E-state index in [1.54, 1.807) is 6.20 Å². The van der Waals surface area contributed by atoms with Gasteiger partial charge in [-0.3, -0.25) is 4.79 Å². The average Bonchev–Trinajstić information content (AvgIpc) is 2.53. The highest BCUT2D eigenvalue weighted by atomic mass is 16.3. The van der Waals surface area contributed by atoms with Crippen LogP contribution in [-0.2, 0) is 17.9 Å². The fourth-order valence-corrected chi connectivity index (χ4v) is 0.945. The molecule has 7 heteroatoms. The van der Waals surface area contributed by atoms with E-state index in [4.69, 9.17) is 10.8 Å². The van der Waals surface area contributed by atoms with Crippen LogP contribution in [0.15, 0.2) is 6.20 Å². The molecule has 1 rings (SSSR count). The fraction of sp³-hybridized carbons (Fsp3) is 0.571. The first-order valence-corrected chi connectivity index (χ1v) is 4.21. The summed E-state index contributed by atoms with van der Waals surface area (Å²) in [6, 6.07) is 0. The van der Waals surface area contributed by atoms with Crippen LogP contribution in [-0.4, -0.2) is 39.2 Å². The lowest BCUT2D eigenvalue weighted by Gasteiger charge is -1.96. The van der Waals surface area contributed by atoms with Gasteiger partial charge in [0.25, 0.3) is 0 Å². The van der Waals surface area contributed by atoms with Crippen molar-refractivity contribution in [2.45, 2.75) is 13.1 Å². The normalized spacial score (nSPS) is 10.4. The molecule has 7 nitrogen and oxygen atoms in total. The summed E-state index contributed by atoms with van der Waals surface area (Å²) in [4.78, 5) is 10.4. The Morgan fingerprint density at radius 2 is 2.50 bits per heavy atom. The zero-order chi connectivity index (χ0) is 10.4. The van der Waals surface area contributed by atoms with Crippen LogP contribution in [0, 0.1) is 0 Å². The average molecular weight is 199 g/mol. The molecule has 0 spiro atoms. The molecule has 1 amide bonds. The van der Waals surface area contributed by atoms with Crippen molar-refractivity contribution in [3.05, 3.63) is 11.9 Å². The highest BCUT2D eigenvalue weighted by Gasteiger charge is 2.00. The molecule has 1 heterocycles. The third kappa shape index (κ3) is 3.50. The summed E-state index contributed by atoms with van der Waals surface area (Å²) in [6.07, 6.45) is 1.70. The van der Waals surface area contributed by atoms with Gasteiger partial charge >= 0.3 is 0 Å². The van der Waals surface area contributed by atoms with Crippen LogP contribution in [0.3, 0.4) is 0 Å². The quantitative estimate of drug-likeness (QED) is 0.484. The van der Waals surface area contributed by atoms with Crippen molar-refractivity contribution < 1.29 is 9.90 Å². The lowest BCUT2D eigenvalue weighted by atomic mass is 10.4. The van der Waals surface area contributed by atoms with Gasteiger partial charge in [-0.15, -0.1) is 5.10 Å². The number of hydrogen-bond donors (Lipinski definition) is 3. The second-order valence-corrected chi connectivity index (χ2v) is 2.77. The number of rotatable bonds is 6. The van der Waals surface area contributed by atoms with Gasteiger partial charge in [-0.25, -0.2) is 4.68 Å². The van der Waals surface area contributed by atoms with Crippen molar-refractivity contribution in [2.75, 3.05) is 13.2 Å². The molecule has 0 aliphatic heterocycles. The number of aromatic nitrogens is 3. The molecule has 0 aliphatic carbocycles. The molecule has 4 N–H and O–H groups in total. The number of aliphatic hydroxyl groups is 1. The molecule has 0 saturated carbocycles. The summed E-state index contributed by atoms with van der Waals surface area (Å²) < 4.78 is 1.53. The Morgan fingerprint density at radius 3 is 3.14 bits per heavy atom. The van der Waals surface area contributed by atoms with E-state index in [1.165, 1.54) is 4.68 Å². The molecular weight excluding hydrogens is 186 g/mol. The molecule has 1 aromatic rings. The molecule has 14 heavy (non-hydrogen) atoms. The van der Waals surface area contributed by atoms with Crippen LogP contribution in [0.5, 0.6) is 0 Å². The maximum atomic E-state index is 10.4. The predicted molar refractivity (Wildman–Crippen MR) is 48.0 cm³/mol. The lowest BCUT2D eigenvalue weighted by molar-refractivity contribution is -0.117. The summed E-state index contributed by atoms with van der Waals surface area (Å²) in [6.45, 7) is 1.00. The van der Waals surface area contributed by atoms with Crippen LogP contribution in [0.1, 0.15) is 5.69 Å². The smallest absolute Gasteiger partial charge is 0.231 e. The number of carbonyl (C=O) groups is 1. The van der Waals surface area contributed by atoms with E-state index in [0.717, 1.165) is 0 Å². The SMILES string of the molecule is NC(=O)CNCc1cn(CCO)nn1. The van der Waals surface area contributed by atoms with E-state index >= 15 is 0 Å². The topological polar surface area (TPSA) is 106 Å². The van der Waals surface area contributed by atoms with E-state index in [-0.39, 0.29) is 13.2 Å². The number of nitrogens with zero attached hydrogens (tertiary/aromatic N) is 3. The Hall–Kier alpha value is -1.47. The molecule has 1 aromatic heterocycles. The zero-order valence-corrected chi connectivity index (χ0v) is 7.68. The molecule has 0 fully saturated rings. The van der Waals surface area contributed by atoms with Crippen LogP contribution < -0.4 is 11.1 Å². The van der Waals surface area contributed by atoms with Crippen molar-refractivity contribution in [3.8, 4) is 0 Å². The number of carbonyl (C=O) groups excluding carboxylic acids is 1. The van der Waals surface area contributed by atoms with Gasteiger partial charge < -0.3 is 16.2 Å². The summed E-state index contributed by atoms with van der Waals surface area (Å²) in [5.74, 6) is -0.409. The number of hydrogen-bond acceptors (Lipinski definition) is 5. The largest absolute Gasteiger partial charge is 0.394 e. The Labute approximate surface area is 80.9 Å². The Morgan fingerprint density at radius 1 is 1.71 bits per heavy atom. The van der Waals surface area contributed by atoms with Crippen LogP contribution in [0.4, 0.5) is 0 Å². The van der Waals surface area contributed by atoms with Gasteiger partial charge in [0.1, 0.15) is 0 Å². The second kappa shape index (κ2) is 5.30. The number of amides is 1. The van der Waals surface area contributed by atoms with Gasteiger partial charge in [-0.2, -0.15) is 0 Å². The minimum atomic E-state index is -0.409. The summed E-state index contributed by atoms with van der Waals surface area (Å²) in [5.41, 5.74) is 5.64. The first-order valence-electron chi connectivity index (χ1n) is 4.21. The van der Waals surface area contributed by atoms with E-state index in [0.29, 0.717) is 18.8 Å². The Kier molecular flexibility index (Phi) is 4.02. The van der Waals surface area contributed by atoms with Crippen LogP contribution in [0.25, 0.3) is 0 Å². The highest BCUT2D eigenvalue weighted by molar-refractivity contribution is 5.75. The maximum Gasteiger partial charge on any atom is 0.231 e. The van der Waals surface area contributed by atoms with Crippen molar-refractivity contribution >= 4 is 5.91 Å². The molecule has 0 bridgehead atoms. The van der Waals surface area contributed by atoms with Gasteiger partial charge in [0.2, 0.25) is 5.91 Å². The van der Waals surface area contributed by atoms with Crippen LogP contribution >= 0.6 is 0 Å². The Bertz CT molecular complexity index is 298. The first-order chi connectivity index (χ1) is 6.72. The number of aliphatic hydroxyl groups excluding tert-OH is 1. The minimum absolute atomic E-state index is 0.0253. The third-order valence-electron chi connectivity index (χ3n) is 1.52. The molecular formula is C7H13N5O2. The predicted octanol–water partition coefficient (Wildman–Crippen LogP) is -2.15. The van der Waals surface area contributed by atoms with E-state index in [1.807, 2.05) is 0 Å². The minimum Gasteiger partial charge on any atom is -0.394 e. The van der Waals surface area contributed by atoms with Gasteiger partial charge in [-0.05, 0) is 0 Å². The summed E-state index contributed by atoms with van der Waals surface area (Å²) in [7, 11) is 0. The standard InChI is InChI=1S/C7H13N5O2/c8-7(14)4-9-3-6-5-12(1-2-13)11-10-6/h5,9,13H,1-4H2,(H2,8,14). The Balaban J connectivity index is 2.32. The molecule has 0 aliphatic rings. The monoisotopic (exact) mass is 199 g/mol. The van der Waals surface area contributed by atoms with Crippen molar-refractivity contribution in [1.29, 1.82) is 0 Å². The molecule has 0 radical (unpaired) electrons.